The van der Waals surface area contributed by atoms with Crippen LogP contribution in [-0.2, 0) is 0 Å². The minimum absolute atomic E-state index is 0.331. The Morgan fingerprint density at radius 2 is 1.75 bits per heavy atom. The van der Waals surface area contributed by atoms with Crippen LogP contribution in [0.15, 0.2) is 47.2 Å². The van der Waals surface area contributed by atoms with Crippen molar-refractivity contribution in [1.29, 1.82) is 0 Å². The maximum Gasteiger partial charge on any atom is 0.249 e. The molecule has 0 bridgehead atoms. The van der Waals surface area contributed by atoms with Crippen LogP contribution in [0.5, 0.6) is 0 Å². The quantitative estimate of drug-likeness (QED) is 0.692. The van der Waals surface area contributed by atoms with Gasteiger partial charge in [-0.15, -0.1) is 11.6 Å². The molecule has 1 unspecified atom stereocenters. The maximum absolute atomic E-state index is 6.32. The normalized spacial score (nSPS) is 12.3. The number of halogens is 1. The van der Waals surface area contributed by atoms with E-state index in [1.165, 1.54) is 0 Å². The van der Waals surface area contributed by atoms with E-state index in [9.17, 15) is 0 Å². The predicted molar refractivity (Wildman–Crippen MR) is 74.2 cm³/mol. The number of benzene rings is 1. The zero-order chi connectivity index (χ0) is 13.9. The minimum Gasteiger partial charge on any atom is -0.337 e. The highest BCUT2D eigenvalue weighted by Gasteiger charge is 2.19. The highest BCUT2D eigenvalue weighted by molar-refractivity contribution is 6.22. The predicted octanol–water partition coefficient (Wildman–Crippen LogP) is 3.16. The van der Waals surface area contributed by atoms with Crippen LogP contribution in [0.3, 0.4) is 0 Å². The van der Waals surface area contributed by atoms with Crippen LogP contribution in [0.4, 0.5) is 0 Å². The Bertz CT molecular complexity index is 697. The number of aryl methyl sites for hydroxylation is 1. The first-order chi connectivity index (χ1) is 9.74. The molecule has 5 nitrogen and oxygen atoms in total. The van der Waals surface area contributed by atoms with Gasteiger partial charge >= 0.3 is 0 Å². The summed E-state index contributed by atoms with van der Waals surface area (Å²) in [5.41, 5.74) is 1.87. The van der Waals surface area contributed by atoms with E-state index >= 15 is 0 Å². The van der Waals surface area contributed by atoms with Crippen LogP contribution in [0.25, 0.3) is 11.6 Å². The number of aromatic nitrogens is 4. The lowest BCUT2D eigenvalue weighted by Gasteiger charge is -2.03. The van der Waals surface area contributed by atoms with Gasteiger partial charge in [-0.25, -0.2) is 9.97 Å². The van der Waals surface area contributed by atoms with Gasteiger partial charge in [-0.05, 0) is 18.1 Å². The monoisotopic (exact) mass is 286 g/mol. The second kappa shape index (κ2) is 5.38. The molecule has 0 radical (unpaired) electrons. The molecule has 20 heavy (non-hydrogen) atoms. The molecule has 3 rings (SSSR count). The third kappa shape index (κ3) is 2.53. The van der Waals surface area contributed by atoms with Gasteiger partial charge in [0.05, 0.1) is 0 Å². The molecule has 0 aliphatic carbocycles. The van der Waals surface area contributed by atoms with Crippen molar-refractivity contribution in [2.45, 2.75) is 12.3 Å². The average molecular weight is 287 g/mol. The highest BCUT2D eigenvalue weighted by atomic mass is 35.5. The molecule has 0 aliphatic rings. The third-order valence-corrected chi connectivity index (χ3v) is 3.17. The van der Waals surface area contributed by atoms with Crippen LogP contribution in [0.1, 0.15) is 22.4 Å². The summed E-state index contributed by atoms with van der Waals surface area (Å²) in [6.45, 7) is 1.91. The molecular formula is C14H11ClN4O. The van der Waals surface area contributed by atoms with Gasteiger partial charge in [-0.2, -0.15) is 4.98 Å². The summed E-state index contributed by atoms with van der Waals surface area (Å²) in [4.78, 5) is 12.6. The molecule has 6 heteroatoms. The average Bonchev–Trinajstić information content (AvgIpc) is 2.98. The SMILES string of the molecule is Cc1cnc(-c2noc(C(Cl)c3ccccc3)n2)nc1. The van der Waals surface area contributed by atoms with E-state index in [1.807, 2.05) is 37.3 Å². The van der Waals surface area contributed by atoms with Crippen molar-refractivity contribution in [2.75, 3.05) is 0 Å². The summed E-state index contributed by atoms with van der Waals surface area (Å²) in [6.07, 6.45) is 3.40. The second-order valence-corrected chi connectivity index (χ2v) is 4.75. The molecule has 1 aromatic carbocycles. The van der Waals surface area contributed by atoms with Crippen LogP contribution in [-0.4, -0.2) is 20.1 Å². The van der Waals surface area contributed by atoms with Crippen molar-refractivity contribution in [2.24, 2.45) is 0 Å². The first-order valence-electron chi connectivity index (χ1n) is 6.05. The van der Waals surface area contributed by atoms with Gasteiger partial charge in [0.1, 0.15) is 5.38 Å². The van der Waals surface area contributed by atoms with E-state index in [0.29, 0.717) is 17.5 Å². The van der Waals surface area contributed by atoms with E-state index in [4.69, 9.17) is 16.1 Å². The first-order valence-corrected chi connectivity index (χ1v) is 6.49. The van der Waals surface area contributed by atoms with E-state index in [-0.39, 0.29) is 0 Å². The van der Waals surface area contributed by atoms with E-state index in [2.05, 4.69) is 20.1 Å². The summed E-state index contributed by atoms with van der Waals surface area (Å²) in [7, 11) is 0. The van der Waals surface area contributed by atoms with Gasteiger partial charge in [-0.3, -0.25) is 0 Å². The van der Waals surface area contributed by atoms with Gasteiger partial charge in [0, 0.05) is 12.4 Å². The number of nitrogens with zero attached hydrogens (tertiary/aromatic N) is 4. The molecule has 0 amide bonds. The first kappa shape index (κ1) is 12.7. The number of hydrogen-bond donors (Lipinski definition) is 0. The Morgan fingerprint density at radius 3 is 2.45 bits per heavy atom. The van der Waals surface area contributed by atoms with Crippen molar-refractivity contribution in [3.8, 4) is 11.6 Å². The maximum atomic E-state index is 6.32. The zero-order valence-corrected chi connectivity index (χ0v) is 11.4. The fraction of sp³-hybridized carbons (Fsp3) is 0.143. The Balaban J connectivity index is 1.89. The van der Waals surface area contributed by atoms with Crippen molar-refractivity contribution in [3.63, 3.8) is 0 Å². The fourth-order valence-corrected chi connectivity index (χ4v) is 1.94. The van der Waals surface area contributed by atoms with Crippen molar-refractivity contribution in [3.05, 3.63) is 59.7 Å². The molecule has 2 aromatic heterocycles. The molecule has 100 valence electrons. The molecule has 2 heterocycles. The third-order valence-electron chi connectivity index (χ3n) is 2.73. The van der Waals surface area contributed by atoms with Gasteiger partial charge in [-0.1, -0.05) is 35.5 Å². The Morgan fingerprint density at radius 1 is 1.05 bits per heavy atom. The Labute approximate surface area is 120 Å². The van der Waals surface area contributed by atoms with Crippen LogP contribution < -0.4 is 0 Å². The van der Waals surface area contributed by atoms with Gasteiger partial charge in [0.2, 0.25) is 17.5 Å². The fourth-order valence-electron chi connectivity index (χ4n) is 1.70. The molecule has 3 aromatic rings. The van der Waals surface area contributed by atoms with Gasteiger partial charge in [0.15, 0.2) is 0 Å². The number of rotatable bonds is 3. The topological polar surface area (TPSA) is 64.7 Å². The molecule has 0 saturated heterocycles. The lowest BCUT2D eigenvalue weighted by Crippen LogP contribution is -1.94. The summed E-state index contributed by atoms with van der Waals surface area (Å²) >= 11 is 6.32. The van der Waals surface area contributed by atoms with Gasteiger partial charge in [0.25, 0.3) is 0 Å². The van der Waals surface area contributed by atoms with Crippen molar-refractivity contribution < 1.29 is 4.52 Å². The van der Waals surface area contributed by atoms with E-state index < -0.39 is 5.38 Å². The number of hydrogen-bond acceptors (Lipinski definition) is 5. The van der Waals surface area contributed by atoms with E-state index in [1.54, 1.807) is 12.4 Å². The largest absolute Gasteiger partial charge is 0.337 e. The van der Waals surface area contributed by atoms with E-state index in [0.717, 1.165) is 11.1 Å². The van der Waals surface area contributed by atoms with Crippen molar-refractivity contribution >= 4 is 11.6 Å². The molecule has 0 N–H and O–H groups in total. The van der Waals surface area contributed by atoms with Crippen LogP contribution >= 0.6 is 11.6 Å². The lowest BCUT2D eigenvalue weighted by atomic mass is 10.1. The number of alkyl halides is 1. The molecule has 0 saturated carbocycles. The molecule has 0 aliphatic heterocycles. The van der Waals surface area contributed by atoms with Crippen LogP contribution in [0.2, 0.25) is 0 Å². The van der Waals surface area contributed by atoms with Gasteiger partial charge < -0.3 is 4.52 Å². The molecular weight excluding hydrogens is 276 g/mol. The zero-order valence-electron chi connectivity index (χ0n) is 10.7. The summed E-state index contributed by atoms with van der Waals surface area (Å²) in [5.74, 6) is 1.08. The Hall–Kier alpha value is -2.27. The lowest BCUT2D eigenvalue weighted by molar-refractivity contribution is 0.382. The minimum atomic E-state index is -0.483. The standard InChI is InChI=1S/C14H11ClN4O/c1-9-7-16-12(17-8-9)13-18-14(20-19-13)11(15)10-5-3-2-4-6-10/h2-8,11H,1H3. The summed E-state index contributed by atoms with van der Waals surface area (Å²) in [5, 5.41) is 3.38. The highest BCUT2D eigenvalue weighted by Crippen LogP contribution is 2.28. The molecule has 0 fully saturated rings. The summed E-state index contributed by atoms with van der Waals surface area (Å²) in [6, 6.07) is 9.55. The van der Waals surface area contributed by atoms with Crippen molar-refractivity contribution in [1.82, 2.24) is 20.1 Å². The smallest absolute Gasteiger partial charge is 0.249 e. The molecule has 1 atom stereocenters. The summed E-state index contributed by atoms with van der Waals surface area (Å²) < 4.78 is 5.19. The van der Waals surface area contributed by atoms with Crippen LogP contribution in [0, 0.1) is 6.92 Å². The molecule has 0 spiro atoms. The second-order valence-electron chi connectivity index (χ2n) is 4.31. The Kier molecular flexibility index (Phi) is 3.43.